The predicted molar refractivity (Wildman–Crippen MR) is 72.7 cm³/mol. The van der Waals surface area contributed by atoms with E-state index >= 15 is 0 Å². The molecule has 1 unspecified atom stereocenters. The molecule has 1 fully saturated rings. The summed E-state index contributed by atoms with van der Waals surface area (Å²) in [5, 5.41) is 3.54. The van der Waals surface area contributed by atoms with Crippen molar-refractivity contribution in [3.8, 4) is 0 Å². The Kier molecular flexibility index (Phi) is 2.91. The second-order valence-corrected chi connectivity index (χ2v) is 5.13. The lowest BCUT2D eigenvalue weighted by molar-refractivity contribution is 0.261. The summed E-state index contributed by atoms with van der Waals surface area (Å²) in [5.74, 6) is 0.911. The number of piperidine rings is 1. The molecule has 0 saturated carbocycles. The summed E-state index contributed by atoms with van der Waals surface area (Å²) in [4.78, 5) is 11.2. The molecule has 5 nitrogen and oxygen atoms in total. The summed E-state index contributed by atoms with van der Waals surface area (Å²) < 4.78 is 2.02. The molecule has 18 heavy (non-hydrogen) atoms. The van der Waals surface area contributed by atoms with E-state index < -0.39 is 0 Å². The van der Waals surface area contributed by atoms with E-state index in [-0.39, 0.29) is 0 Å². The lowest BCUT2D eigenvalue weighted by atomic mass is 10.1. The number of likely N-dealkylation sites (N-methyl/N-ethyl adjacent to an activating group) is 1. The maximum absolute atomic E-state index is 4.43. The van der Waals surface area contributed by atoms with Crippen LogP contribution in [-0.4, -0.2) is 45.6 Å². The van der Waals surface area contributed by atoms with Gasteiger partial charge in [0.25, 0.3) is 0 Å². The van der Waals surface area contributed by atoms with Crippen LogP contribution in [0.25, 0.3) is 11.0 Å². The van der Waals surface area contributed by atoms with Crippen LogP contribution in [-0.2, 0) is 7.05 Å². The van der Waals surface area contributed by atoms with Gasteiger partial charge in [0.15, 0.2) is 5.82 Å². The fourth-order valence-electron chi connectivity index (χ4n) is 2.65. The molecule has 2 aromatic heterocycles. The van der Waals surface area contributed by atoms with Gasteiger partial charge in [-0.3, -0.25) is 0 Å². The van der Waals surface area contributed by atoms with Crippen molar-refractivity contribution in [3.63, 3.8) is 0 Å². The fraction of sp³-hybridized carbons (Fsp3) is 0.538. The van der Waals surface area contributed by atoms with Crippen LogP contribution >= 0.6 is 0 Å². The molecule has 5 heteroatoms. The SMILES string of the molecule is CN1CCCC(Nc2nccc3c2ncn3C)C1. The Labute approximate surface area is 107 Å². The fourth-order valence-corrected chi connectivity index (χ4v) is 2.65. The van der Waals surface area contributed by atoms with E-state index in [4.69, 9.17) is 0 Å². The Balaban J connectivity index is 1.86. The van der Waals surface area contributed by atoms with Gasteiger partial charge in [0, 0.05) is 25.8 Å². The van der Waals surface area contributed by atoms with E-state index in [0.717, 1.165) is 23.4 Å². The molecule has 2 aromatic rings. The minimum absolute atomic E-state index is 0.476. The standard InChI is InChI=1S/C13H19N5/c1-17-7-3-4-10(8-17)16-13-12-11(5-6-14-13)18(2)9-15-12/h5-6,9-10H,3-4,7-8H2,1-2H3,(H,14,16). The zero-order valence-electron chi connectivity index (χ0n) is 10.9. The summed E-state index contributed by atoms with van der Waals surface area (Å²) >= 11 is 0. The molecule has 0 radical (unpaired) electrons. The summed E-state index contributed by atoms with van der Waals surface area (Å²) in [6, 6.07) is 2.48. The molecule has 1 atom stereocenters. The van der Waals surface area contributed by atoms with Crippen LogP contribution in [0, 0.1) is 0 Å². The number of imidazole rings is 1. The van der Waals surface area contributed by atoms with E-state index in [1.807, 2.05) is 30.2 Å². The van der Waals surface area contributed by atoms with Gasteiger partial charge in [-0.2, -0.15) is 0 Å². The number of nitrogens with zero attached hydrogens (tertiary/aromatic N) is 4. The van der Waals surface area contributed by atoms with Crippen molar-refractivity contribution in [1.29, 1.82) is 0 Å². The van der Waals surface area contributed by atoms with Crippen LogP contribution < -0.4 is 5.32 Å². The van der Waals surface area contributed by atoms with Crippen LogP contribution in [0.15, 0.2) is 18.6 Å². The molecule has 0 amide bonds. The van der Waals surface area contributed by atoms with E-state index in [9.17, 15) is 0 Å². The predicted octanol–water partition coefficient (Wildman–Crippen LogP) is 1.47. The Bertz CT molecular complexity index is 547. The van der Waals surface area contributed by atoms with Gasteiger partial charge < -0.3 is 14.8 Å². The number of likely N-dealkylation sites (tertiary alicyclic amines) is 1. The second-order valence-electron chi connectivity index (χ2n) is 5.13. The Morgan fingerprint density at radius 2 is 2.22 bits per heavy atom. The third-order valence-corrected chi connectivity index (χ3v) is 3.61. The molecule has 1 aliphatic heterocycles. The van der Waals surface area contributed by atoms with Crippen molar-refractivity contribution in [2.75, 3.05) is 25.5 Å². The summed E-state index contributed by atoms with van der Waals surface area (Å²) in [7, 11) is 4.18. The van der Waals surface area contributed by atoms with Gasteiger partial charge in [0.1, 0.15) is 5.52 Å². The first-order valence-corrected chi connectivity index (χ1v) is 6.45. The molecule has 0 aromatic carbocycles. The minimum atomic E-state index is 0.476. The third kappa shape index (κ3) is 2.06. The first kappa shape index (κ1) is 11.5. The van der Waals surface area contributed by atoms with Crippen LogP contribution in [0.2, 0.25) is 0 Å². The number of hydrogen-bond acceptors (Lipinski definition) is 4. The molecular formula is C13H19N5. The van der Waals surface area contributed by atoms with Gasteiger partial charge in [-0.05, 0) is 32.5 Å². The third-order valence-electron chi connectivity index (χ3n) is 3.61. The van der Waals surface area contributed by atoms with E-state index in [0.29, 0.717) is 6.04 Å². The number of rotatable bonds is 2. The number of hydrogen-bond donors (Lipinski definition) is 1. The molecule has 3 heterocycles. The topological polar surface area (TPSA) is 46.0 Å². The molecule has 0 aliphatic carbocycles. The van der Waals surface area contributed by atoms with E-state index in [1.54, 1.807) is 0 Å². The molecular weight excluding hydrogens is 226 g/mol. The molecule has 1 saturated heterocycles. The number of aromatic nitrogens is 3. The van der Waals surface area contributed by atoms with Gasteiger partial charge in [-0.25, -0.2) is 9.97 Å². The minimum Gasteiger partial charge on any atom is -0.364 e. The van der Waals surface area contributed by atoms with Crippen molar-refractivity contribution in [3.05, 3.63) is 18.6 Å². The Morgan fingerprint density at radius 1 is 1.33 bits per heavy atom. The van der Waals surface area contributed by atoms with Gasteiger partial charge in [0.2, 0.25) is 0 Å². The average molecular weight is 245 g/mol. The van der Waals surface area contributed by atoms with Crippen LogP contribution in [0.5, 0.6) is 0 Å². The maximum Gasteiger partial charge on any atom is 0.154 e. The Morgan fingerprint density at radius 3 is 3.06 bits per heavy atom. The van der Waals surface area contributed by atoms with Gasteiger partial charge in [-0.1, -0.05) is 0 Å². The van der Waals surface area contributed by atoms with E-state index in [2.05, 4.69) is 27.2 Å². The van der Waals surface area contributed by atoms with Gasteiger partial charge >= 0.3 is 0 Å². The van der Waals surface area contributed by atoms with E-state index in [1.165, 1.54) is 19.4 Å². The number of aryl methyl sites for hydroxylation is 1. The molecule has 0 bridgehead atoms. The average Bonchev–Trinajstić information content (AvgIpc) is 2.73. The van der Waals surface area contributed by atoms with Crippen molar-refractivity contribution in [2.45, 2.75) is 18.9 Å². The van der Waals surface area contributed by atoms with Gasteiger partial charge in [0.05, 0.1) is 11.8 Å². The number of nitrogens with one attached hydrogen (secondary N) is 1. The van der Waals surface area contributed by atoms with Crippen LogP contribution in [0.1, 0.15) is 12.8 Å². The first-order valence-electron chi connectivity index (χ1n) is 6.45. The lowest BCUT2D eigenvalue weighted by Gasteiger charge is -2.30. The number of anilines is 1. The monoisotopic (exact) mass is 245 g/mol. The normalized spacial score (nSPS) is 21.3. The molecule has 1 aliphatic rings. The zero-order valence-corrected chi connectivity index (χ0v) is 10.9. The summed E-state index contributed by atoms with van der Waals surface area (Å²) in [6.07, 6.45) is 6.13. The highest BCUT2D eigenvalue weighted by Gasteiger charge is 2.18. The molecule has 0 spiro atoms. The molecule has 96 valence electrons. The van der Waals surface area contributed by atoms with Crippen LogP contribution in [0.3, 0.4) is 0 Å². The van der Waals surface area contributed by atoms with Crippen molar-refractivity contribution in [1.82, 2.24) is 19.4 Å². The van der Waals surface area contributed by atoms with Crippen molar-refractivity contribution in [2.24, 2.45) is 7.05 Å². The Hall–Kier alpha value is -1.62. The second kappa shape index (κ2) is 4.57. The van der Waals surface area contributed by atoms with Crippen LogP contribution in [0.4, 0.5) is 5.82 Å². The first-order chi connectivity index (χ1) is 8.74. The highest BCUT2D eigenvalue weighted by Crippen LogP contribution is 2.21. The quantitative estimate of drug-likeness (QED) is 0.870. The summed E-state index contributed by atoms with van der Waals surface area (Å²) in [6.45, 7) is 2.27. The number of fused-ring (bicyclic) bond motifs is 1. The summed E-state index contributed by atoms with van der Waals surface area (Å²) in [5.41, 5.74) is 2.09. The molecule has 1 N–H and O–H groups in total. The zero-order chi connectivity index (χ0) is 12.5. The van der Waals surface area contributed by atoms with Gasteiger partial charge in [-0.15, -0.1) is 0 Å². The lowest BCUT2D eigenvalue weighted by Crippen LogP contribution is -2.39. The molecule has 3 rings (SSSR count). The number of pyridine rings is 1. The largest absolute Gasteiger partial charge is 0.364 e. The highest BCUT2D eigenvalue weighted by atomic mass is 15.2. The smallest absolute Gasteiger partial charge is 0.154 e. The van der Waals surface area contributed by atoms with Crippen molar-refractivity contribution >= 4 is 16.9 Å². The maximum atomic E-state index is 4.43. The van der Waals surface area contributed by atoms with Crippen molar-refractivity contribution < 1.29 is 0 Å². The highest BCUT2D eigenvalue weighted by molar-refractivity contribution is 5.85.